The maximum absolute atomic E-state index is 13.1. The van der Waals surface area contributed by atoms with Gasteiger partial charge in [-0.3, -0.25) is 0 Å². The minimum Gasteiger partial charge on any atom is -0.490 e. The minimum atomic E-state index is -1.01. The summed E-state index contributed by atoms with van der Waals surface area (Å²) in [5.41, 5.74) is 0.999. The molecule has 0 saturated heterocycles. The lowest BCUT2D eigenvalue weighted by Crippen LogP contribution is -2.10. The molecule has 5 heteroatoms. The lowest BCUT2D eigenvalue weighted by atomic mass is 10.2. The lowest BCUT2D eigenvalue weighted by molar-refractivity contribution is 0.0696. The van der Waals surface area contributed by atoms with E-state index in [1.165, 1.54) is 24.3 Å². The van der Waals surface area contributed by atoms with E-state index in [2.05, 4.69) is 0 Å². The highest BCUT2D eigenvalue weighted by atomic mass is 19.1. The number of rotatable bonds is 6. The van der Waals surface area contributed by atoms with Gasteiger partial charge in [0.2, 0.25) is 0 Å². The van der Waals surface area contributed by atoms with Crippen LogP contribution < -0.4 is 9.47 Å². The van der Waals surface area contributed by atoms with Crippen molar-refractivity contribution in [1.82, 2.24) is 0 Å². The molecule has 0 aliphatic carbocycles. The van der Waals surface area contributed by atoms with Gasteiger partial charge >= 0.3 is 5.97 Å². The molecule has 21 heavy (non-hydrogen) atoms. The first-order valence-electron chi connectivity index (χ1n) is 6.41. The number of aromatic carboxylic acids is 1. The van der Waals surface area contributed by atoms with Crippen molar-refractivity contribution >= 4 is 5.97 Å². The molecular formula is C16H15FO4. The van der Waals surface area contributed by atoms with E-state index in [1.54, 1.807) is 18.2 Å². The summed E-state index contributed by atoms with van der Waals surface area (Å²) >= 11 is 0. The van der Waals surface area contributed by atoms with E-state index in [9.17, 15) is 9.18 Å². The molecule has 0 fully saturated rings. The molecule has 0 spiro atoms. The summed E-state index contributed by atoms with van der Waals surface area (Å²) in [6.45, 7) is 2.30. The molecule has 0 aromatic heterocycles. The fraction of sp³-hybridized carbons (Fsp3) is 0.188. The molecule has 0 aliphatic rings. The molecule has 1 N–H and O–H groups in total. The van der Waals surface area contributed by atoms with Crippen molar-refractivity contribution in [2.24, 2.45) is 0 Å². The normalized spacial score (nSPS) is 10.2. The number of halogens is 1. The summed E-state index contributed by atoms with van der Waals surface area (Å²) < 4.78 is 23.9. The minimum absolute atomic E-state index is 0.161. The van der Waals surface area contributed by atoms with Crippen molar-refractivity contribution in [2.75, 3.05) is 13.2 Å². The first-order chi connectivity index (χ1) is 10.1. The summed E-state index contributed by atoms with van der Waals surface area (Å²) in [6.07, 6.45) is 0. The van der Waals surface area contributed by atoms with E-state index in [0.29, 0.717) is 11.5 Å². The van der Waals surface area contributed by atoms with Gasteiger partial charge in [0.15, 0.2) is 0 Å². The molecule has 0 heterocycles. The molecular weight excluding hydrogens is 275 g/mol. The molecule has 0 unspecified atom stereocenters. The number of ether oxygens (including phenoxy) is 2. The van der Waals surface area contributed by atoms with Gasteiger partial charge in [0, 0.05) is 6.07 Å². The molecule has 0 amide bonds. The van der Waals surface area contributed by atoms with Crippen LogP contribution in [-0.2, 0) is 0 Å². The average molecular weight is 290 g/mol. The standard InChI is InChI=1S/C16H15FO4/c1-11-5-6-13(17)10-15(11)21-8-7-20-14-4-2-3-12(9-14)16(18)19/h2-6,9-10H,7-8H2,1H3,(H,18,19). The van der Waals surface area contributed by atoms with Gasteiger partial charge in [-0.1, -0.05) is 12.1 Å². The summed E-state index contributed by atoms with van der Waals surface area (Å²) in [5.74, 6) is -0.440. The molecule has 110 valence electrons. The van der Waals surface area contributed by atoms with Gasteiger partial charge in [0.25, 0.3) is 0 Å². The molecule has 0 radical (unpaired) electrons. The highest BCUT2D eigenvalue weighted by Crippen LogP contribution is 2.19. The van der Waals surface area contributed by atoms with Crippen molar-refractivity contribution in [3.8, 4) is 11.5 Å². The van der Waals surface area contributed by atoms with Gasteiger partial charge in [0.05, 0.1) is 5.56 Å². The van der Waals surface area contributed by atoms with Crippen LogP contribution in [0.25, 0.3) is 0 Å². The largest absolute Gasteiger partial charge is 0.490 e. The Morgan fingerprint density at radius 3 is 2.67 bits per heavy atom. The molecule has 0 atom stereocenters. The van der Waals surface area contributed by atoms with Crippen LogP contribution in [0.4, 0.5) is 4.39 Å². The zero-order valence-electron chi connectivity index (χ0n) is 11.5. The number of hydrogen-bond acceptors (Lipinski definition) is 3. The third-order valence-corrected chi connectivity index (χ3v) is 2.84. The number of aryl methyl sites for hydroxylation is 1. The molecule has 2 rings (SSSR count). The number of hydrogen-bond donors (Lipinski definition) is 1. The predicted octanol–water partition coefficient (Wildman–Crippen LogP) is 3.29. The fourth-order valence-electron chi connectivity index (χ4n) is 1.76. The van der Waals surface area contributed by atoms with Crippen LogP contribution in [0.3, 0.4) is 0 Å². The van der Waals surface area contributed by atoms with Crippen LogP contribution in [0.15, 0.2) is 42.5 Å². The van der Waals surface area contributed by atoms with E-state index < -0.39 is 5.97 Å². The van der Waals surface area contributed by atoms with E-state index >= 15 is 0 Å². The zero-order valence-corrected chi connectivity index (χ0v) is 11.5. The Kier molecular flexibility index (Phi) is 4.77. The van der Waals surface area contributed by atoms with Crippen molar-refractivity contribution < 1.29 is 23.8 Å². The molecule has 2 aromatic rings. The van der Waals surface area contributed by atoms with Gasteiger partial charge in [0.1, 0.15) is 30.5 Å². The number of benzene rings is 2. The maximum Gasteiger partial charge on any atom is 0.335 e. The summed E-state index contributed by atoms with van der Waals surface area (Å²) in [4.78, 5) is 10.8. The van der Waals surface area contributed by atoms with Gasteiger partial charge < -0.3 is 14.6 Å². The quantitative estimate of drug-likeness (QED) is 0.829. The van der Waals surface area contributed by atoms with Crippen LogP contribution in [0.1, 0.15) is 15.9 Å². The highest BCUT2D eigenvalue weighted by molar-refractivity contribution is 5.87. The highest BCUT2D eigenvalue weighted by Gasteiger charge is 2.04. The van der Waals surface area contributed by atoms with E-state index in [-0.39, 0.29) is 24.6 Å². The van der Waals surface area contributed by atoms with Crippen LogP contribution in [0.2, 0.25) is 0 Å². The Balaban J connectivity index is 1.86. The number of carboxylic acid groups (broad SMARTS) is 1. The second-order valence-corrected chi connectivity index (χ2v) is 4.44. The first-order valence-corrected chi connectivity index (χ1v) is 6.41. The van der Waals surface area contributed by atoms with E-state index in [1.807, 2.05) is 6.92 Å². The Hall–Kier alpha value is -2.56. The van der Waals surface area contributed by atoms with Crippen molar-refractivity contribution in [2.45, 2.75) is 6.92 Å². The number of carboxylic acids is 1. The van der Waals surface area contributed by atoms with Crippen molar-refractivity contribution in [3.63, 3.8) is 0 Å². The third kappa shape index (κ3) is 4.21. The Bertz CT molecular complexity index is 640. The van der Waals surface area contributed by atoms with E-state index in [4.69, 9.17) is 14.6 Å². The molecule has 2 aromatic carbocycles. The molecule has 0 aliphatic heterocycles. The maximum atomic E-state index is 13.1. The third-order valence-electron chi connectivity index (χ3n) is 2.84. The van der Waals surface area contributed by atoms with Gasteiger partial charge in [-0.2, -0.15) is 0 Å². The van der Waals surface area contributed by atoms with Gasteiger partial charge in [-0.05, 0) is 36.8 Å². The van der Waals surface area contributed by atoms with E-state index in [0.717, 1.165) is 5.56 Å². The smallest absolute Gasteiger partial charge is 0.335 e. The Morgan fingerprint density at radius 2 is 1.90 bits per heavy atom. The van der Waals surface area contributed by atoms with Crippen molar-refractivity contribution in [1.29, 1.82) is 0 Å². The lowest BCUT2D eigenvalue weighted by Gasteiger charge is -2.10. The predicted molar refractivity (Wildman–Crippen MR) is 75.5 cm³/mol. The summed E-state index contributed by atoms with van der Waals surface area (Å²) in [7, 11) is 0. The molecule has 4 nitrogen and oxygen atoms in total. The molecule has 0 bridgehead atoms. The summed E-state index contributed by atoms with van der Waals surface area (Å²) in [6, 6.07) is 10.5. The second-order valence-electron chi connectivity index (χ2n) is 4.44. The second kappa shape index (κ2) is 6.74. The molecule has 0 saturated carbocycles. The van der Waals surface area contributed by atoms with Crippen LogP contribution >= 0.6 is 0 Å². The number of carbonyl (C=O) groups is 1. The first kappa shape index (κ1) is 14.8. The van der Waals surface area contributed by atoms with Gasteiger partial charge in [-0.25, -0.2) is 9.18 Å². The van der Waals surface area contributed by atoms with Crippen molar-refractivity contribution in [3.05, 3.63) is 59.4 Å². The van der Waals surface area contributed by atoms with Crippen LogP contribution in [0.5, 0.6) is 11.5 Å². The fourth-order valence-corrected chi connectivity index (χ4v) is 1.76. The average Bonchev–Trinajstić information content (AvgIpc) is 2.47. The Labute approximate surface area is 121 Å². The van der Waals surface area contributed by atoms with Crippen LogP contribution in [0, 0.1) is 12.7 Å². The monoisotopic (exact) mass is 290 g/mol. The topological polar surface area (TPSA) is 55.8 Å². The Morgan fingerprint density at radius 1 is 1.14 bits per heavy atom. The zero-order chi connectivity index (χ0) is 15.2. The van der Waals surface area contributed by atoms with Crippen LogP contribution in [-0.4, -0.2) is 24.3 Å². The summed E-state index contributed by atoms with van der Waals surface area (Å²) in [5, 5.41) is 8.87. The van der Waals surface area contributed by atoms with Gasteiger partial charge in [-0.15, -0.1) is 0 Å². The SMILES string of the molecule is Cc1ccc(F)cc1OCCOc1cccc(C(=O)O)c1.